The summed E-state index contributed by atoms with van der Waals surface area (Å²) >= 11 is 1.95. The smallest absolute Gasteiger partial charge is 0.341 e. The van der Waals surface area contributed by atoms with Crippen LogP contribution in [0.4, 0.5) is 0 Å². The lowest BCUT2D eigenvalue weighted by atomic mass is 9.97. The predicted molar refractivity (Wildman–Crippen MR) is 90.7 cm³/mol. The third-order valence-corrected chi connectivity index (χ3v) is 5.92. The average molecular weight is 351 g/mol. The van der Waals surface area contributed by atoms with Gasteiger partial charge in [0, 0.05) is 42.4 Å². The van der Waals surface area contributed by atoms with Crippen LogP contribution in [0.1, 0.15) is 23.2 Å². The fraction of sp³-hybridized carbons (Fsp3) is 0.529. The molecule has 2 aliphatic heterocycles. The predicted octanol–water partition coefficient (Wildman–Crippen LogP) is 1.89. The summed E-state index contributed by atoms with van der Waals surface area (Å²) in [6.45, 7) is 2.56. The minimum Gasteiger partial charge on any atom is -0.482 e. The fourth-order valence-electron chi connectivity index (χ4n) is 3.11. The molecule has 3 rings (SSSR count). The summed E-state index contributed by atoms with van der Waals surface area (Å²) < 4.78 is 10.7. The normalized spacial score (nSPS) is 19.9. The zero-order chi connectivity index (χ0) is 17.0. The third-order valence-electron chi connectivity index (χ3n) is 4.38. The Kier molecular flexibility index (Phi) is 5.30. The summed E-state index contributed by atoms with van der Waals surface area (Å²) in [5, 5.41) is 8.69. The molecule has 0 atom stereocenters. The van der Waals surface area contributed by atoms with E-state index in [0.717, 1.165) is 44.9 Å². The second-order valence-corrected chi connectivity index (χ2v) is 7.64. The topological polar surface area (TPSA) is 76.1 Å². The molecule has 1 aromatic carbocycles. The van der Waals surface area contributed by atoms with E-state index in [1.807, 2.05) is 16.7 Å². The molecule has 0 bridgehead atoms. The van der Waals surface area contributed by atoms with E-state index >= 15 is 0 Å². The van der Waals surface area contributed by atoms with E-state index in [1.165, 1.54) is 0 Å². The molecule has 1 aromatic rings. The van der Waals surface area contributed by atoms with Gasteiger partial charge in [-0.1, -0.05) is 6.07 Å². The second-order valence-electron chi connectivity index (χ2n) is 6.08. The molecule has 0 radical (unpaired) electrons. The van der Waals surface area contributed by atoms with Crippen molar-refractivity contribution >= 4 is 23.6 Å². The molecule has 0 aliphatic carbocycles. The largest absolute Gasteiger partial charge is 0.482 e. The van der Waals surface area contributed by atoms with E-state index in [9.17, 15) is 9.59 Å². The lowest BCUT2D eigenvalue weighted by Crippen LogP contribution is -2.51. The van der Waals surface area contributed by atoms with E-state index in [-0.39, 0.29) is 10.7 Å². The maximum atomic E-state index is 12.8. The summed E-state index contributed by atoms with van der Waals surface area (Å²) in [4.78, 5) is 25.3. The number of aliphatic carboxylic acids is 1. The van der Waals surface area contributed by atoms with Crippen molar-refractivity contribution in [1.82, 2.24) is 4.90 Å². The number of carbonyl (C=O) groups excluding carboxylic acids is 1. The van der Waals surface area contributed by atoms with Crippen LogP contribution < -0.4 is 4.74 Å². The number of carbonyl (C=O) groups is 2. The minimum atomic E-state index is -1.04. The van der Waals surface area contributed by atoms with Crippen LogP contribution in [0.3, 0.4) is 0 Å². The van der Waals surface area contributed by atoms with Crippen molar-refractivity contribution in [2.24, 2.45) is 0 Å². The van der Waals surface area contributed by atoms with Gasteiger partial charge in [0.1, 0.15) is 5.75 Å². The van der Waals surface area contributed by atoms with Crippen LogP contribution in [0.5, 0.6) is 5.75 Å². The average Bonchev–Trinajstić information content (AvgIpc) is 2.60. The van der Waals surface area contributed by atoms with Crippen LogP contribution in [0, 0.1) is 0 Å². The summed E-state index contributed by atoms with van der Waals surface area (Å²) in [7, 11) is 0. The molecule has 0 aromatic heterocycles. The Morgan fingerprint density at radius 1 is 1.33 bits per heavy atom. The van der Waals surface area contributed by atoms with Crippen LogP contribution in [0.15, 0.2) is 24.3 Å². The summed E-state index contributed by atoms with van der Waals surface area (Å²) in [5.41, 5.74) is 0.534. The van der Waals surface area contributed by atoms with Gasteiger partial charge in [0.25, 0.3) is 5.91 Å². The molecule has 130 valence electrons. The van der Waals surface area contributed by atoms with Crippen molar-refractivity contribution in [3.05, 3.63) is 29.8 Å². The number of thioether (sulfide) groups is 1. The lowest BCUT2D eigenvalue weighted by molar-refractivity contribution is -0.139. The van der Waals surface area contributed by atoms with Gasteiger partial charge in [-0.2, -0.15) is 11.8 Å². The van der Waals surface area contributed by atoms with Gasteiger partial charge < -0.3 is 19.5 Å². The van der Waals surface area contributed by atoms with E-state index in [2.05, 4.69) is 0 Å². The Bertz CT molecular complexity index is 609. The molecule has 0 saturated carbocycles. The summed E-state index contributed by atoms with van der Waals surface area (Å²) in [6, 6.07) is 6.73. The first kappa shape index (κ1) is 17.1. The quantitative estimate of drug-likeness (QED) is 0.893. The van der Waals surface area contributed by atoms with Gasteiger partial charge in [0.05, 0.1) is 0 Å². The molecule has 24 heavy (non-hydrogen) atoms. The first-order chi connectivity index (χ1) is 11.6. The molecule has 1 N–H and O–H groups in total. The zero-order valence-corrected chi connectivity index (χ0v) is 14.2. The maximum absolute atomic E-state index is 12.8. The van der Waals surface area contributed by atoms with Crippen molar-refractivity contribution < 1.29 is 24.2 Å². The van der Waals surface area contributed by atoms with Crippen molar-refractivity contribution in [2.45, 2.75) is 17.6 Å². The molecule has 7 heteroatoms. The van der Waals surface area contributed by atoms with Gasteiger partial charge in [-0.05, 0) is 31.0 Å². The SMILES string of the molecule is O=C(O)COc1cccc(C(=O)N2CCSC3(CCOCC3)C2)c1. The van der Waals surface area contributed by atoms with E-state index in [4.69, 9.17) is 14.6 Å². The number of hydrogen-bond donors (Lipinski definition) is 1. The Morgan fingerprint density at radius 3 is 2.88 bits per heavy atom. The molecule has 2 aliphatic rings. The van der Waals surface area contributed by atoms with Gasteiger partial charge in [-0.15, -0.1) is 0 Å². The monoisotopic (exact) mass is 351 g/mol. The minimum absolute atomic E-state index is 0.0260. The molecule has 1 amide bonds. The molecule has 2 saturated heterocycles. The highest BCUT2D eigenvalue weighted by molar-refractivity contribution is 8.00. The van der Waals surface area contributed by atoms with Gasteiger partial charge in [-0.25, -0.2) is 4.79 Å². The first-order valence-electron chi connectivity index (χ1n) is 8.04. The molecule has 6 nitrogen and oxygen atoms in total. The summed E-state index contributed by atoms with van der Waals surface area (Å²) in [5.74, 6) is 0.264. The molecular weight excluding hydrogens is 330 g/mol. The standard InChI is InChI=1S/C17H21NO5S/c19-15(20)11-23-14-3-1-2-13(10-14)16(21)18-6-9-24-17(12-18)4-7-22-8-5-17/h1-3,10H,4-9,11-12H2,(H,19,20). The highest BCUT2D eigenvalue weighted by Gasteiger charge is 2.39. The van der Waals surface area contributed by atoms with E-state index in [1.54, 1.807) is 24.3 Å². The molecule has 2 heterocycles. The molecule has 0 unspecified atom stereocenters. The number of carboxylic acids is 1. The number of hydrogen-bond acceptors (Lipinski definition) is 5. The van der Waals surface area contributed by atoms with Crippen molar-refractivity contribution in [2.75, 3.05) is 38.7 Å². The lowest BCUT2D eigenvalue weighted by Gasteiger charge is -2.44. The third kappa shape index (κ3) is 4.02. The number of carboxylic acid groups (broad SMARTS) is 1. The van der Waals surface area contributed by atoms with Crippen LogP contribution in [0.25, 0.3) is 0 Å². The van der Waals surface area contributed by atoms with Crippen LogP contribution in [-0.4, -0.2) is 65.3 Å². The zero-order valence-electron chi connectivity index (χ0n) is 13.4. The summed E-state index contributed by atoms with van der Waals surface area (Å²) in [6.07, 6.45) is 1.95. The number of ether oxygens (including phenoxy) is 2. The molecule has 2 fully saturated rings. The van der Waals surface area contributed by atoms with E-state index < -0.39 is 12.6 Å². The Hall–Kier alpha value is -1.73. The van der Waals surface area contributed by atoms with Crippen LogP contribution in [0.2, 0.25) is 0 Å². The van der Waals surface area contributed by atoms with Crippen LogP contribution in [-0.2, 0) is 9.53 Å². The maximum Gasteiger partial charge on any atom is 0.341 e. The van der Waals surface area contributed by atoms with Crippen LogP contribution >= 0.6 is 11.8 Å². The number of benzene rings is 1. The van der Waals surface area contributed by atoms with Gasteiger partial charge in [-0.3, -0.25) is 4.79 Å². The van der Waals surface area contributed by atoms with Crippen molar-refractivity contribution in [3.63, 3.8) is 0 Å². The number of rotatable bonds is 4. The van der Waals surface area contributed by atoms with Gasteiger partial charge >= 0.3 is 5.97 Å². The van der Waals surface area contributed by atoms with Gasteiger partial charge in [0.2, 0.25) is 0 Å². The number of amides is 1. The van der Waals surface area contributed by atoms with Crippen molar-refractivity contribution in [1.29, 1.82) is 0 Å². The van der Waals surface area contributed by atoms with Gasteiger partial charge in [0.15, 0.2) is 6.61 Å². The molecular formula is C17H21NO5S. The Balaban J connectivity index is 1.69. The van der Waals surface area contributed by atoms with Crippen molar-refractivity contribution in [3.8, 4) is 5.75 Å². The number of nitrogens with zero attached hydrogens (tertiary/aromatic N) is 1. The second kappa shape index (κ2) is 7.44. The first-order valence-corrected chi connectivity index (χ1v) is 9.02. The Labute approximate surface area is 145 Å². The molecule has 1 spiro atoms. The highest BCUT2D eigenvalue weighted by atomic mass is 32.2. The fourth-order valence-corrected chi connectivity index (χ4v) is 4.56. The van der Waals surface area contributed by atoms with E-state index in [0.29, 0.717) is 11.3 Å². The Morgan fingerprint density at radius 2 is 2.12 bits per heavy atom. The highest BCUT2D eigenvalue weighted by Crippen LogP contribution is 2.39.